The van der Waals surface area contributed by atoms with E-state index in [0.717, 1.165) is 38.5 Å². The fourth-order valence-corrected chi connectivity index (χ4v) is 5.86. The van der Waals surface area contributed by atoms with Crippen LogP contribution < -0.4 is 5.43 Å². The van der Waals surface area contributed by atoms with Crippen LogP contribution in [0.4, 0.5) is 0 Å². The van der Waals surface area contributed by atoms with Crippen molar-refractivity contribution in [3.8, 4) is 0 Å². The van der Waals surface area contributed by atoms with Crippen LogP contribution in [0.25, 0.3) is 0 Å². The Balaban J connectivity index is 1.63. The molecule has 0 spiro atoms. The molecule has 7 heteroatoms. The molecule has 0 saturated carbocycles. The van der Waals surface area contributed by atoms with Crippen LogP contribution in [0, 0.1) is 5.92 Å². The predicted octanol–water partition coefficient (Wildman–Crippen LogP) is 5.41. The molecule has 1 atom stereocenters. The maximum atomic E-state index is 13.0. The maximum Gasteiger partial charge on any atom is 0.271 e. The van der Waals surface area contributed by atoms with E-state index in [1.165, 1.54) is 35.2 Å². The zero-order valence-electron chi connectivity index (χ0n) is 20.2. The first-order valence-electron chi connectivity index (χ1n) is 12.5. The van der Waals surface area contributed by atoms with E-state index in [9.17, 15) is 13.2 Å². The molecule has 1 amide bonds. The average molecular weight is 484 g/mol. The number of hydrogen-bond donors (Lipinski definition) is 1. The molecule has 1 fully saturated rings. The van der Waals surface area contributed by atoms with Crippen LogP contribution >= 0.6 is 0 Å². The van der Waals surface area contributed by atoms with Crippen molar-refractivity contribution < 1.29 is 13.2 Å². The number of nitrogens with zero attached hydrogens (tertiary/aromatic N) is 2. The third-order valence-corrected chi connectivity index (χ3v) is 8.16. The summed E-state index contributed by atoms with van der Waals surface area (Å²) in [5, 5.41) is 4.24. The van der Waals surface area contributed by atoms with Gasteiger partial charge in [-0.15, -0.1) is 0 Å². The Kier molecular flexibility index (Phi) is 10.3. The lowest BCUT2D eigenvalue weighted by atomic mass is 9.94. The van der Waals surface area contributed by atoms with Crippen LogP contribution in [0.15, 0.2) is 64.6 Å². The molecular formula is C27H37N3O3S. The topological polar surface area (TPSA) is 78.8 Å². The summed E-state index contributed by atoms with van der Waals surface area (Å²) < 4.78 is 27.4. The zero-order valence-corrected chi connectivity index (χ0v) is 21.0. The van der Waals surface area contributed by atoms with Crippen LogP contribution in [-0.4, -0.2) is 37.9 Å². The SMILES string of the molecule is CCCCCC[C@@H](/C=N\NC(=O)c1cccc(S(=O)(=O)N2CCCCC2)c1)Cc1ccccc1. The molecule has 1 N–H and O–H groups in total. The average Bonchev–Trinajstić information content (AvgIpc) is 2.87. The van der Waals surface area contributed by atoms with Crippen molar-refractivity contribution in [1.82, 2.24) is 9.73 Å². The molecule has 0 radical (unpaired) electrons. The third kappa shape index (κ3) is 7.77. The minimum absolute atomic E-state index is 0.156. The Labute approximate surface area is 204 Å². The quantitative estimate of drug-likeness (QED) is 0.249. The molecule has 184 valence electrons. The summed E-state index contributed by atoms with van der Waals surface area (Å²) in [4.78, 5) is 12.9. The first-order valence-corrected chi connectivity index (χ1v) is 13.9. The van der Waals surface area contributed by atoms with Crippen LogP contribution in [0.5, 0.6) is 0 Å². The van der Waals surface area contributed by atoms with Gasteiger partial charge in [-0.2, -0.15) is 9.41 Å². The normalized spacial score (nSPS) is 15.9. The molecule has 1 aliphatic rings. The van der Waals surface area contributed by atoms with E-state index >= 15 is 0 Å². The van der Waals surface area contributed by atoms with Crippen molar-refractivity contribution in [2.75, 3.05) is 13.1 Å². The second kappa shape index (κ2) is 13.4. The van der Waals surface area contributed by atoms with Gasteiger partial charge in [0.1, 0.15) is 0 Å². The van der Waals surface area contributed by atoms with Gasteiger partial charge in [0.2, 0.25) is 10.0 Å². The molecule has 6 nitrogen and oxygen atoms in total. The maximum absolute atomic E-state index is 13.0. The van der Waals surface area contributed by atoms with Crippen molar-refractivity contribution >= 4 is 22.1 Å². The number of sulfonamides is 1. The second-order valence-corrected chi connectivity index (χ2v) is 10.9. The molecule has 1 aliphatic heterocycles. The number of benzene rings is 2. The van der Waals surface area contributed by atoms with E-state index in [1.54, 1.807) is 18.2 Å². The predicted molar refractivity (Wildman–Crippen MR) is 137 cm³/mol. The Morgan fingerprint density at radius 1 is 1.03 bits per heavy atom. The largest absolute Gasteiger partial charge is 0.271 e. The minimum Gasteiger partial charge on any atom is -0.267 e. The Morgan fingerprint density at radius 2 is 1.79 bits per heavy atom. The summed E-state index contributed by atoms with van der Waals surface area (Å²) in [7, 11) is -3.59. The molecule has 1 saturated heterocycles. The van der Waals surface area contributed by atoms with Gasteiger partial charge in [-0.1, -0.05) is 75.4 Å². The third-order valence-electron chi connectivity index (χ3n) is 6.27. The van der Waals surface area contributed by atoms with Crippen LogP contribution in [0.1, 0.15) is 74.2 Å². The lowest BCUT2D eigenvalue weighted by Gasteiger charge is -2.25. The Bertz CT molecular complexity index is 1030. The van der Waals surface area contributed by atoms with Crippen LogP contribution in [-0.2, 0) is 16.4 Å². The van der Waals surface area contributed by atoms with Gasteiger partial charge >= 0.3 is 0 Å². The fraction of sp³-hybridized carbons (Fsp3) is 0.481. The van der Waals surface area contributed by atoms with E-state index in [2.05, 4.69) is 29.6 Å². The van der Waals surface area contributed by atoms with Crippen molar-refractivity contribution in [3.05, 3.63) is 65.7 Å². The van der Waals surface area contributed by atoms with E-state index < -0.39 is 15.9 Å². The van der Waals surface area contributed by atoms with E-state index in [0.29, 0.717) is 13.1 Å². The fourth-order valence-electron chi connectivity index (χ4n) is 4.30. The lowest BCUT2D eigenvalue weighted by Crippen LogP contribution is -2.35. The first-order chi connectivity index (χ1) is 16.5. The summed E-state index contributed by atoms with van der Waals surface area (Å²) in [5.74, 6) is -0.179. The van der Waals surface area contributed by atoms with Gasteiger partial charge in [-0.3, -0.25) is 4.79 Å². The number of carbonyl (C=O) groups is 1. The van der Waals surface area contributed by atoms with E-state index in [1.807, 2.05) is 24.4 Å². The Morgan fingerprint density at radius 3 is 2.53 bits per heavy atom. The summed E-state index contributed by atoms with van der Waals surface area (Å²) in [6.45, 7) is 3.26. The van der Waals surface area contributed by atoms with Gasteiger partial charge in [-0.25, -0.2) is 13.8 Å². The second-order valence-electron chi connectivity index (χ2n) is 9.01. The molecule has 2 aromatic rings. The van der Waals surface area contributed by atoms with Crippen molar-refractivity contribution in [2.45, 2.75) is 69.6 Å². The number of carbonyl (C=O) groups excluding carboxylic acids is 1. The standard InChI is InChI=1S/C27H37N3O3S/c1-2-3-4-7-15-24(20-23-13-8-5-9-14-23)22-28-29-27(31)25-16-12-17-26(21-25)34(32,33)30-18-10-6-11-19-30/h5,8-9,12-14,16-17,21-22,24H,2-4,6-7,10-11,15,18-20H2,1H3,(H,29,31)/b28-22-/t24-/m1/s1. The minimum atomic E-state index is -3.59. The molecule has 0 bridgehead atoms. The number of piperidine rings is 1. The van der Waals surface area contributed by atoms with Crippen molar-refractivity contribution in [3.63, 3.8) is 0 Å². The summed E-state index contributed by atoms with van der Waals surface area (Å²) in [6.07, 6.45) is 11.2. The number of unbranched alkanes of at least 4 members (excludes halogenated alkanes) is 3. The molecule has 34 heavy (non-hydrogen) atoms. The highest BCUT2D eigenvalue weighted by Crippen LogP contribution is 2.21. The Hall–Kier alpha value is -2.51. The zero-order chi connectivity index (χ0) is 24.2. The summed E-state index contributed by atoms with van der Waals surface area (Å²) in [6, 6.07) is 16.5. The number of rotatable bonds is 12. The van der Waals surface area contributed by atoms with Gasteiger partial charge in [0.05, 0.1) is 4.90 Å². The summed E-state index contributed by atoms with van der Waals surface area (Å²) >= 11 is 0. The smallest absolute Gasteiger partial charge is 0.267 e. The van der Waals surface area contributed by atoms with Gasteiger partial charge in [-0.05, 0) is 49.4 Å². The first kappa shape index (κ1) is 26.1. The van der Waals surface area contributed by atoms with E-state index in [4.69, 9.17) is 0 Å². The number of amides is 1. The lowest BCUT2D eigenvalue weighted by molar-refractivity contribution is 0.0954. The van der Waals surface area contributed by atoms with Crippen molar-refractivity contribution in [1.29, 1.82) is 0 Å². The molecule has 2 aromatic carbocycles. The van der Waals surface area contributed by atoms with Crippen LogP contribution in [0.3, 0.4) is 0 Å². The van der Waals surface area contributed by atoms with Gasteiger partial charge in [0.25, 0.3) is 5.91 Å². The van der Waals surface area contributed by atoms with Gasteiger partial charge < -0.3 is 0 Å². The molecular weight excluding hydrogens is 446 g/mol. The molecule has 0 aliphatic carbocycles. The highest BCUT2D eigenvalue weighted by Gasteiger charge is 2.26. The highest BCUT2D eigenvalue weighted by molar-refractivity contribution is 7.89. The monoisotopic (exact) mass is 483 g/mol. The molecule has 1 heterocycles. The molecule has 0 aromatic heterocycles. The summed E-state index contributed by atoms with van der Waals surface area (Å²) in [5.41, 5.74) is 4.13. The number of hydrogen-bond acceptors (Lipinski definition) is 4. The number of hydrazone groups is 1. The van der Waals surface area contributed by atoms with Crippen molar-refractivity contribution in [2.24, 2.45) is 11.0 Å². The highest BCUT2D eigenvalue weighted by atomic mass is 32.2. The van der Waals surface area contributed by atoms with E-state index in [-0.39, 0.29) is 16.4 Å². The van der Waals surface area contributed by atoms with Crippen LogP contribution in [0.2, 0.25) is 0 Å². The van der Waals surface area contributed by atoms with Gasteiger partial charge in [0.15, 0.2) is 0 Å². The molecule has 3 rings (SSSR count). The number of nitrogens with one attached hydrogen (secondary N) is 1. The van der Waals surface area contributed by atoms with Gasteiger partial charge in [0, 0.05) is 30.8 Å². The molecule has 0 unspecified atom stereocenters.